The molecule has 0 radical (unpaired) electrons. The monoisotopic (exact) mass is 251 g/mol. The number of aliphatic hydroxyl groups is 1. The third kappa shape index (κ3) is 4.44. The number of benzene rings is 1. The quantitative estimate of drug-likeness (QED) is 0.791. The smallest absolute Gasteiger partial charge is 0.411 e. The van der Waals surface area contributed by atoms with E-state index in [1.54, 1.807) is 13.8 Å². The van der Waals surface area contributed by atoms with Gasteiger partial charge >= 0.3 is 6.09 Å². The Morgan fingerprint density at radius 3 is 2.83 bits per heavy atom. The lowest BCUT2D eigenvalue weighted by Gasteiger charge is -2.09. The van der Waals surface area contributed by atoms with Crippen LogP contribution >= 0.6 is 0 Å². The molecule has 2 N–H and O–H groups in total. The molecule has 1 rings (SSSR count). The summed E-state index contributed by atoms with van der Waals surface area (Å²) in [4.78, 5) is 11.3. The predicted molar refractivity (Wildman–Crippen MR) is 65.6 cm³/mol. The zero-order chi connectivity index (χ0) is 13.5. The second kappa shape index (κ2) is 6.62. The molecule has 0 bridgehead atoms. The van der Waals surface area contributed by atoms with E-state index < -0.39 is 11.9 Å². The number of amides is 1. The summed E-state index contributed by atoms with van der Waals surface area (Å²) < 4.78 is 18.4. The van der Waals surface area contributed by atoms with Crippen molar-refractivity contribution in [2.24, 2.45) is 0 Å². The van der Waals surface area contributed by atoms with Crippen LogP contribution in [0.2, 0.25) is 0 Å². The molecule has 0 aliphatic heterocycles. The van der Waals surface area contributed by atoms with Crippen LogP contribution in [0.4, 0.5) is 14.9 Å². The lowest BCUT2D eigenvalue weighted by atomic mass is 10.2. The van der Waals surface area contributed by atoms with Crippen molar-refractivity contribution in [3.8, 4) is 11.8 Å². The topological polar surface area (TPSA) is 58.6 Å². The fraction of sp³-hybridized carbons (Fsp3) is 0.308. The van der Waals surface area contributed by atoms with Gasteiger partial charge in [-0.1, -0.05) is 11.8 Å². The molecule has 0 aromatic heterocycles. The first-order valence-corrected chi connectivity index (χ1v) is 5.40. The van der Waals surface area contributed by atoms with Gasteiger partial charge in [-0.25, -0.2) is 9.18 Å². The summed E-state index contributed by atoms with van der Waals surface area (Å²) in [5.74, 6) is 4.23. The third-order valence-corrected chi connectivity index (χ3v) is 1.86. The molecule has 0 heterocycles. The van der Waals surface area contributed by atoms with E-state index in [0.29, 0.717) is 0 Å². The maximum atomic E-state index is 13.5. The van der Waals surface area contributed by atoms with Gasteiger partial charge < -0.3 is 9.84 Å². The molecule has 1 aromatic carbocycles. The lowest BCUT2D eigenvalue weighted by molar-refractivity contribution is 0.130. The number of aliphatic hydroxyl groups excluding tert-OH is 1. The molecule has 0 spiro atoms. The molecule has 4 nitrogen and oxygen atoms in total. The Bertz CT molecular complexity index is 489. The number of anilines is 1. The largest absolute Gasteiger partial charge is 0.447 e. The molecule has 0 saturated carbocycles. The van der Waals surface area contributed by atoms with Crippen LogP contribution in [0, 0.1) is 17.7 Å². The minimum atomic E-state index is -0.640. The van der Waals surface area contributed by atoms with E-state index in [2.05, 4.69) is 17.2 Å². The molecule has 1 amide bonds. The van der Waals surface area contributed by atoms with Crippen LogP contribution < -0.4 is 5.32 Å². The van der Waals surface area contributed by atoms with Crippen molar-refractivity contribution >= 4 is 11.8 Å². The van der Waals surface area contributed by atoms with Gasteiger partial charge in [0.25, 0.3) is 0 Å². The first-order valence-electron chi connectivity index (χ1n) is 5.40. The molecular weight excluding hydrogens is 237 g/mol. The lowest BCUT2D eigenvalue weighted by Crippen LogP contribution is -2.18. The Kier molecular flexibility index (Phi) is 5.15. The number of hydrogen-bond donors (Lipinski definition) is 2. The van der Waals surface area contributed by atoms with Crippen molar-refractivity contribution in [2.45, 2.75) is 20.0 Å². The van der Waals surface area contributed by atoms with Crippen molar-refractivity contribution in [1.29, 1.82) is 0 Å². The van der Waals surface area contributed by atoms with Gasteiger partial charge in [0.1, 0.15) is 12.4 Å². The molecule has 0 aliphatic rings. The maximum absolute atomic E-state index is 13.5. The third-order valence-electron chi connectivity index (χ3n) is 1.86. The fourth-order valence-corrected chi connectivity index (χ4v) is 1.19. The van der Waals surface area contributed by atoms with Crippen molar-refractivity contribution in [2.75, 3.05) is 11.9 Å². The summed E-state index contributed by atoms with van der Waals surface area (Å²) in [6, 6.07) is 4.07. The summed E-state index contributed by atoms with van der Waals surface area (Å²) in [6.07, 6.45) is -0.886. The van der Waals surface area contributed by atoms with E-state index in [1.807, 2.05) is 0 Å². The molecule has 0 fully saturated rings. The van der Waals surface area contributed by atoms with Gasteiger partial charge in [0.05, 0.1) is 11.7 Å². The summed E-state index contributed by atoms with van der Waals surface area (Å²) >= 11 is 0. The van der Waals surface area contributed by atoms with Crippen molar-refractivity contribution in [1.82, 2.24) is 0 Å². The molecular formula is C13H14FNO3. The standard InChI is InChI=1S/C13H14FNO3/c1-9(2)18-13(17)15-11-6-5-10(4-3-7-16)12(14)8-11/h5-6,8-9,16H,7H2,1-2H3,(H,15,17). The Morgan fingerprint density at radius 2 is 2.28 bits per heavy atom. The average Bonchev–Trinajstić information content (AvgIpc) is 2.26. The number of carbonyl (C=O) groups is 1. The van der Waals surface area contributed by atoms with Gasteiger partial charge in [0.2, 0.25) is 0 Å². The van der Waals surface area contributed by atoms with Crippen molar-refractivity contribution < 1.29 is 19.0 Å². The number of carbonyl (C=O) groups excluding carboxylic acids is 1. The zero-order valence-corrected chi connectivity index (χ0v) is 10.2. The van der Waals surface area contributed by atoms with Crippen LogP contribution in [0.3, 0.4) is 0 Å². The van der Waals surface area contributed by atoms with Crippen LogP contribution in [0.25, 0.3) is 0 Å². The molecule has 0 atom stereocenters. The Labute approximate surface area is 105 Å². The van der Waals surface area contributed by atoms with E-state index in [4.69, 9.17) is 9.84 Å². The maximum Gasteiger partial charge on any atom is 0.411 e. The Balaban J connectivity index is 2.75. The number of ether oxygens (including phenoxy) is 1. The summed E-state index contributed by atoms with van der Waals surface area (Å²) in [5.41, 5.74) is 0.444. The van der Waals surface area contributed by atoms with E-state index in [0.717, 1.165) is 6.07 Å². The highest BCUT2D eigenvalue weighted by molar-refractivity contribution is 5.84. The van der Waals surface area contributed by atoms with Crippen LogP contribution in [0.1, 0.15) is 19.4 Å². The van der Waals surface area contributed by atoms with Crippen molar-refractivity contribution in [3.05, 3.63) is 29.6 Å². The minimum Gasteiger partial charge on any atom is -0.447 e. The van der Waals surface area contributed by atoms with Gasteiger partial charge in [-0.2, -0.15) is 0 Å². The number of halogens is 1. The molecule has 0 saturated heterocycles. The Morgan fingerprint density at radius 1 is 1.56 bits per heavy atom. The van der Waals surface area contributed by atoms with E-state index >= 15 is 0 Å². The highest BCUT2D eigenvalue weighted by Gasteiger charge is 2.07. The van der Waals surface area contributed by atoms with Gasteiger partial charge in [-0.05, 0) is 32.0 Å². The Hall–Kier alpha value is -2.06. The van der Waals surface area contributed by atoms with Gasteiger partial charge in [0.15, 0.2) is 0 Å². The molecule has 5 heteroatoms. The minimum absolute atomic E-state index is 0.159. The zero-order valence-electron chi connectivity index (χ0n) is 10.2. The van der Waals surface area contributed by atoms with Crippen molar-refractivity contribution in [3.63, 3.8) is 0 Å². The summed E-state index contributed by atoms with van der Waals surface area (Å²) in [6.45, 7) is 3.10. The molecule has 0 aliphatic carbocycles. The van der Waals surface area contributed by atoms with Crippen LogP contribution in [0.15, 0.2) is 18.2 Å². The molecule has 96 valence electrons. The first kappa shape index (κ1) is 14.0. The number of rotatable bonds is 2. The van der Waals surface area contributed by atoms with Crippen LogP contribution in [-0.4, -0.2) is 23.9 Å². The van der Waals surface area contributed by atoms with Gasteiger partial charge in [0, 0.05) is 5.69 Å². The van der Waals surface area contributed by atoms with E-state index in [1.165, 1.54) is 12.1 Å². The van der Waals surface area contributed by atoms with Crippen LogP contribution in [0.5, 0.6) is 0 Å². The highest BCUT2D eigenvalue weighted by Crippen LogP contribution is 2.14. The first-order chi connectivity index (χ1) is 8.52. The number of nitrogens with one attached hydrogen (secondary N) is 1. The van der Waals surface area contributed by atoms with E-state index in [-0.39, 0.29) is 24.0 Å². The number of hydrogen-bond acceptors (Lipinski definition) is 3. The highest BCUT2D eigenvalue weighted by atomic mass is 19.1. The van der Waals surface area contributed by atoms with Gasteiger partial charge in [-0.15, -0.1) is 0 Å². The fourth-order valence-electron chi connectivity index (χ4n) is 1.19. The normalized spacial score (nSPS) is 9.61. The second-order valence-electron chi connectivity index (χ2n) is 3.73. The molecule has 0 unspecified atom stereocenters. The SMILES string of the molecule is CC(C)OC(=O)Nc1ccc(C#CCO)c(F)c1. The van der Waals surface area contributed by atoms with Crippen LogP contribution in [-0.2, 0) is 4.74 Å². The second-order valence-corrected chi connectivity index (χ2v) is 3.73. The molecule has 1 aromatic rings. The predicted octanol–water partition coefficient (Wildman–Crippen LogP) is 2.13. The van der Waals surface area contributed by atoms with Gasteiger partial charge in [-0.3, -0.25) is 5.32 Å². The molecule has 18 heavy (non-hydrogen) atoms. The summed E-state index contributed by atoms with van der Waals surface area (Å²) in [5, 5.41) is 10.9. The summed E-state index contributed by atoms with van der Waals surface area (Å²) in [7, 11) is 0. The van der Waals surface area contributed by atoms with E-state index in [9.17, 15) is 9.18 Å². The average molecular weight is 251 g/mol.